The first-order chi connectivity index (χ1) is 8.95. The molecule has 2 heterocycles. The quantitative estimate of drug-likeness (QED) is 0.866. The molecule has 0 aromatic carbocycles. The van der Waals surface area contributed by atoms with Gasteiger partial charge in [-0.25, -0.2) is 0 Å². The molecule has 5 nitrogen and oxygen atoms in total. The zero-order valence-electron chi connectivity index (χ0n) is 11.5. The van der Waals surface area contributed by atoms with Gasteiger partial charge in [0.05, 0.1) is 5.25 Å². The van der Waals surface area contributed by atoms with Crippen molar-refractivity contribution in [1.29, 1.82) is 0 Å². The van der Waals surface area contributed by atoms with Crippen LogP contribution in [0.15, 0.2) is 4.34 Å². The van der Waals surface area contributed by atoms with Crippen molar-refractivity contribution >= 4 is 34.1 Å². The number of thioether (sulfide) groups is 1. The molecule has 3 atom stereocenters. The number of nitrogens with zero attached hydrogens (tertiary/aromatic N) is 3. The predicted molar refractivity (Wildman–Crippen MR) is 79.2 cm³/mol. The maximum atomic E-state index is 12.4. The van der Waals surface area contributed by atoms with E-state index in [-0.39, 0.29) is 11.2 Å². The minimum atomic E-state index is -0.134. The molecule has 1 aliphatic rings. The number of nitrogens with two attached hydrogens (primary N) is 1. The molecular weight excluding hydrogens is 280 g/mol. The van der Waals surface area contributed by atoms with Crippen LogP contribution in [0.25, 0.3) is 0 Å². The minimum Gasteiger partial charge on any atom is -0.374 e. The van der Waals surface area contributed by atoms with Gasteiger partial charge in [0.1, 0.15) is 0 Å². The Balaban J connectivity index is 1.94. The zero-order chi connectivity index (χ0) is 14.0. The summed E-state index contributed by atoms with van der Waals surface area (Å²) in [7, 11) is 0. The summed E-state index contributed by atoms with van der Waals surface area (Å²) < 4.78 is 0.761. The second-order valence-electron chi connectivity index (χ2n) is 5.36. The number of piperidine rings is 1. The SMILES string of the molecule is C[C@@H]1C[C@H](C)CN(C(=O)[C@@H](C)Sc2nnc(N)s2)C1. The fourth-order valence-electron chi connectivity index (χ4n) is 2.57. The molecule has 106 valence electrons. The Bertz CT molecular complexity index is 441. The first-order valence-electron chi connectivity index (χ1n) is 6.50. The van der Waals surface area contributed by atoms with Gasteiger partial charge in [-0.05, 0) is 25.2 Å². The summed E-state index contributed by atoms with van der Waals surface area (Å²) in [5.74, 6) is 1.36. The lowest BCUT2D eigenvalue weighted by atomic mass is 9.92. The van der Waals surface area contributed by atoms with Crippen LogP contribution >= 0.6 is 23.1 Å². The molecule has 19 heavy (non-hydrogen) atoms. The van der Waals surface area contributed by atoms with Crippen molar-refractivity contribution in [3.63, 3.8) is 0 Å². The average Bonchev–Trinajstić information content (AvgIpc) is 2.72. The number of carbonyl (C=O) groups is 1. The standard InChI is InChI=1S/C12H20N4OS2/c1-7-4-8(2)6-16(5-7)10(17)9(3)18-12-15-14-11(13)19-12/h7-9H,4-6H2,1-3H3,(H2,13,14)/t7-,8+,9-/m1/s1. The molecule has 0 bridgehead atoms. The summed E-state index contributed by atoms with van der Waals surface area (Å²) >= 11 is 2.77. The number of hydrogen-bond donors (Lipinski definition) is 1. The molecule has 7 heteroatoms. The van der Waals surface area contributed by atoms with Gasteiger partial charge in [-0.1, -0.05) is 36.9 Å². The summed E-state index contributed by atoms with van der Waals surface area (Å²) in [5.41, 5.74) is 5.55. The van der Waals surface area contributed by atoms with Crippen molar-refractivity contribution in [3.05, 3.63) is 0 Å². The van der Waals surface area contributed by atoms with Crippen LogP contribution in [0.4, 0.5) is 5.13 Å². The van der Waals surface area contributed by atoms with E-state index in [1.165, 1.54) is 29.5 Å². The first kappa shape index (κ1) is 14.6. The van der Waals surface area contributed by atoms with Crippen molar-refractivity contribution in [2.45, 2.75) is 36.8 Å². The van der Waals surface area contributed by atoms with Crippen LogP contribution < -0.4 is 5.73 Å². The Labute approximate surface area is 122 Å². The van der Waals surface area contributed by atoms with E-state index in [0.717, 1.165) is 17.4 Å². The average molecular weight is 300 g/mol. The Morgan fingerprint density at radius 2 is 2.05 bits per heavy atom. The predicted octanol–water partition coefficient (Wildman–Crippen LogP) is 2.11. The van der Waals surface area contributed by atoms with Gasteiger partial charge >= 0.3 is 0 Å². The second-order valence-corrected chi connectivity index (χ2v) is 7.95. The number of nitrogen functional groups attached to an aromatic ring is 1. The molecular formula is C12H20N4OS2. The molecule has 0 saturated carbocycles. The third-order valence-corrected chi connectivity index (χ3v) is 5.15. The van der Waals surface area contributed by atoms with E-state index in [2.05, 4.69) is 24.0 Å². The maximum absolute atomic E-state index is 12.4. The monoisotopic (exact) mass is 300 g/mol. The Hall–Kier alpha value is -0.820. The molecule has 0 unspecified atom stereocenters. The number of anilines is 1. The van der Waals surface area contributed by atoms with Crippen molar-refractivity contribution in [2.24, 2.45) is 11.8 Å². The molecule has 1 aliphatic heterocycles. The van der Waals surface area contributed by atoms with E-state index in [9.17, 15) is 4.79 Å². The van der Waals surface area contributed by atoms with E-state index >= 15 is 0 Å². The smallest absolute Gasteiger partial charge is 0.235 e. The van der Waals surface area contributed by atoms with E-state index in [1.807, 2.05) is 11.8 Å². The summed E-state index contributed by atoms with van der Waals surface area (Å²) in [6, 6.07) is 0. The molecule has 1 amide bonds. The topological polar surface area (TPSA) is 72.1 Å². The van der Waals surface area contributed by atoms with Crippen LogP contribution in [0, 0.1) is 11.8 Å². The molecule has 1 saturated heterocycles. The first-order valence-corrected chi connectivity index (χ1v) is 8.19. The highest BCUT2D eigenvalue weighted by Gasteiger charge is 2.29. The number of carbonyl (C=O) groups excluding carboxylic acids is 1. The number of rotatable bonds is 3. The lowest BCUT2D eigenvalue weighted by molar-refractivity contribution is -0.132. The summed E-state index contributed by atoms with van der Waals surface area (Å²) in [4.78, 5) is 14.4. The Morgan fingerprint density at radius 1 is 1.42 bits per heavy atom. The fourth-order valence-corrected chi connectivity index (χ4v) is 4.43. The third kappa shape index (κ3) is 3.82. The van der Waals surface area contributed by atoms with Crippen LogP contribution in [0.3, 0.4) is 0 Å². The second kappa shape index (κ2) is 6.09. The van der Waals surface area contributed by atoms with Gasteiger partial charge in [-0.2, -0.15) is 0 Å². The number of aromatic nitrogens is 2. The van der Waals surface area contributed by atoms with E-state index in [1.54, 1.807) is 0 Å². The van der Waals surface area contributed by atoms with Gasteiger partial charge in [0.2, 0.25) is 11.0 Å². The largest absolute Gasteiger partial charge is 0.374 e. The van der Waals surface area contributed by atoms with Gasteiger partial charge in [0, 0.05) is 13.1 Å². The molecule has 1 aromatic rings. The van der Waals surface area contributed by atoms with Gasteiger partial charge < -0.3 is 10.6 Å². The van der Waals surface area contributed by atoms with Crippen molar-refractivity contribution in [1.82, 2.24) is 15.1 Å². The van der Waals surface area contributed by atoms with Gasteiger partial charge in [0.25, 0.3) is 0 Å². The highest BCUT2D eigenvalue weighted by molar-refractivity contribution is 8.02. The normalized spacial score (nSPS) is 25.3. The van der Waals surface area contributed by atoms with Crippen LogP contribution in [0.5, 0.6) is 0 Å². The lowest BCUT2D eigenvalue weighted by Crippen LogP contribution is -2.45. The fraction of sp³-hybridized carbons (Fsp3) is 0.750. The highest BCUT2D eigenvalue weighted by atomic mass is 32.2. The van der Waals surface area contributed by atoms with Crippen LogP contribution in [0.1, 0.15) is 27.2 Å². The summed E-state index contributed by atoms with van der Waals surface area (Å²) in [5, 5.41) is 8.03. The molecule has 1 aromatic heterocycles. The highest BCUT2D eigenvalue weighted by Crippen LogP contribution is 2.30. The third-order valence-electron chi connectivity index (χ3n) is 3.23. The Kier molecular flexibility index (Phi) is 4.67. The zero-order valence-corrected chi connectivity index (χ0v) is 13.1. The molecule has 0 radical (unpaired) electrons. The minimum absolute atomic E-state index is 0.134. The molecule has 0 spiro atoms. The van der Waals surface area contributed by atoms with Crippen LogP contribution in [-0.2, 0) is 4.79 Å². The number of hydrogen-bond acceptors (Lipinski definition) is 6. The molecule has 0 aliphatic carbocycles. The summed E-state index contributed by atoms with van der Waals surface area (Å²) in [6.45, 7) is 8.07. The van der Waals surface area contributed by atoms with Gasteiger partial charge in [-0.15, -0.1) is 10.2 Å². The molecule has 2 rings (SSSR count). The van der Waals surface area contributed by atoms with Gasteiger partial charge in [-0.3, -0.25) is 4.79 Å². The number of amides is 1. The Morgan fingerprint density at radius 3 is 2.58 bits per heavy atom. The van der Waals surface area contributed by atoms with Crippen molar-refractivity contribution < 1.29 is 4.79 Å². The number of likely N-dealkylation sites (tertiary alicyclic amines) is 1. The maximum Gasteiger partial charge on any atom is 0.235 e. The lowest BCUT2D eigenvalue weighted by Gasteiger charge is -2.36. The summed E-state index contributed by atoms with van der Waals surface area (Å²) in [6.07, 6.45) is 1.21. The van der Waals surface area contributed by atoms with E-state index in [4.69, 9.17) is 5.73 Å². The van der Waals surface area contributed by atoms with Crippen molar-refractivity contribution in [3.8, 4) is 0 Å². The van der Waals surface area contributed by atoms with Crippen molar-refractivity contribution in [2.75, 3.05) is 18.8 Å². The molecule has 1 fully saturated rings. The molecule has 2 N–H and O–H groups in total. The van der Waals surface area contributed by atoms with Gasteiger partial charge in [0.15, 0.2) is 4.34 Å². The van der Waals surface area contributed by atoms with E-state index in [0.29, 0.717) is 17.0 Å². The van der Waals surface area contributed by atoms with Crippen LogP contribution in [0.2, 0.25) is 0 Å². The van der Waals surface area contributed by atoms with E-state index < -0.39 is 0 Å². The van der Waals surface area contributed by atoms with Crippen LogP contribution in [-0.4, -0.2) is 39.3 Å².